The van der Waals surface area contributed by atoms with E-state index in [1.807, 2.05) is 24.3 Å². The number of hydrogen-bond acceptors (Lipinski definition) is 2. The minimum absolute atomic E-state index is 0.0202. The van der Waals surface area contributed by atoms with Gasteiger partial charge in [-0.15, -0.1) is 0 Å². The van der Waals surface area contributed by atoms with Gasteiger partial charge in [0.2, 0.25) is 0 Å². The molecule has 0 N–H and O–H groups in total. The SMILES string of the molecule is CCC1CCC(C#N)C(Oc2cccc3ccccc23)C1. The second-order valence-corrected chi connectivity index (χ2v) is 5.96. The van der Waals surface area contributed by atoms with Crippen molar-refractivity contribution in [3.05, 3.63) is 42.5 Å². The third-order valence-electron chi connectivity index (χ3n) is 4.67. The zero-order chi connectivity index (χ0) is 14.7. The van der Waals surface area contributed by atoms with Crippen molar-refractivity contribution < 1.29 is 4.74 Å². The Hall–Kier alpha value is -2.01. The molecule has 1 aliphatic rings. The number of benzene rings is 2. The Balaban J connectivity index is 1.88. The van der Waals surface area contributed by atoms with Crippen molar-refractivity contribution in [3.63, 3.8) is 0 Å². The summed E-state index contributed by atoms with van der Waals surface area (Å²) in [4.78, 5) is 0. The first-order chi connectivity index (χ1) is 10.3. The molecular weight excluding hydrogens is 258 g/mol. The van der Waals surface area contributed by atoms with Crippen molar-refractivity contribution in [2.45, 2.75) is 38.7 Å². The van der Waals surface area contributed by atoms with E-state index in [1.165, 1.54) is 11.8 Å². The Morgan fingerprint density at radius 1 is 1.14 bits per heavy atom. The van der Waals surface area contributed by atoms with E-state index in [0.29, 0.717) is 5.92 Å². The average Bonchev–Trinajstić information content (AvgIpc) is 2.55. The molecule has 0 spiro atoms. The van der Waals surface area contributed by atoms with Gasteiger partial charge in [0.15, 0.2) is 0 Å². The Labute approximate surface area is 126 Å². The molecule has 3 unspecified atom stereocenters. The highest BCUT2D eigenvalue weighted by atomic mass is 16.5. The van der Waals surface area contributed by atoms with Crippen LogP contribution in [0.2, 0.25) is 0 Å². The van der Waals surface area contributed by atoms with Crippen molar-refractivity contribution in [2.75, 3.05) is 0 Å². The van der Waals surface area contributed by atoms with Gasteiger partial charge in [-0.05, 0) is 36.6 Å². The van der Waals surface area contributed by atoms with E-state index in [0.717, 1.165) is 30.4 Å². The maximum absolute atomic E-state index is 9.38. The first-order valence-corrected chi connectivity index (χ1v) is 7.86. The van der Waals surface area contributed by atoms with Crippen molar-refractivity contribution in [1.29, 1.82) is 5.26 Å². The van der Waals surface area contributed by atoms with Gasteiger partial charge >= 0.3 is 0 Å². The molecule has 21 heavy (non-hydrogen) atoms. The number of fused-ring (bicyclic) bond motifs is 1. The molecule has 1 aliphatic carbocycles. The lowest BCUT2D eigenvalue weighted by Crippen LogP contribution is -2.33. The van der Waals surface area contributed by atoms with E-state index in [1.54, 1.807) is 0 Å². The molecule has 0 aliphatic heterocycles. The van der Waals surface area contributed by atoms with E-state index in [9.17, 15) is 5.26 Å². The number of nitrogens with zero attached hydrogens (tertiary/aromatic N) is 1. The van der Waals surface area contributed by atoms with Crippen molar-refractivity contribution in [2.24, 2.45) is 11.8 Å². The Morgan fingerprint density at radius 2 is 1.95 bits per heavy atom. The summed E-state index contributed by atoms with van der Waals surface area (Å²) in [6, 6.07) is 16.8. The topological polar surface area (TPSA) is 33.0 Å². The summed E-state index contributed by atoms with van der Waals surface area (Å²) in [5, 5.41) is 11.7. The number of hydrogen-bond donors (Lipinski definition) is 0. The van der Waals surface area contributed by atoms with Gasteiger partial charge in [0.25, 0.3) is 0 Å². The fourth-order valence-electron chi connectivity index (χ4n) is 3.32. The molecule has 0 amide bonds. The third kappa shape index (κ3) is 2.88. The van der Waals surface area contributed by atoms with Crippen LogP contribution in [0.3, 0.4) is 0 Å². The molecule has 3 rings (SSSR count). The molecule has 2 aromatic carbocycles. The maximum Gasteiger partial charge on any atom is 0.127 e. The van der Waals surface area contributed by atoms with Crippen molar-refractivity contribution >= 4 is 10.8 Å². The van der Waals surface area contributed by atoms with Gasteiger partial charge in [0, 0.05) is 5.39 Å². The largest absolute Gasteiger partial charge is 0.488 e. The van der Waals surface area contributed by atoms with Gasteiger partial charge < -0.3 is 4.74 Å². The lowest BCUT2D eigenvalue weighted by atomic mass is 9.79. The molecule has 3 atom stereocenters. The maximum atomic E-state index is 9.38. The molecule has 1 fully saturated rings. The number of rotatable bonds is 3. The lowest BCUT2D eigenvalue weighted by molar-refractivity contribution is 0.0907. The summed E-state index contributed by atoms with van der Waals surface area (Å²) >= 11 is 0. The van der Waals surface area contributed by atoms with Crippen LogP contribution in [0.15, 0.2) is 42.5 Å². The van der Waals surface area contributed by atoms with Crippen LogP contribution in [-0.4, -0.2) is 6.10 Å². The zero-order valence-corrected chi connectivity index (χ0v) is 12.5. The van der Waals surface area contributed by atoms with Crippen LogP contribution in [-0.2, 0) is 0 Å². The summed E-state index contributed by atoms with van der Waals surface area (Å²) in [6.45, 7) is 2.23. The molecule has 108 valence electrons. The van der Waals surface area contributed by atoms with Crippen LogP contribution in [0.4, 0.5) is 0 Å². The first-order valence-electron chi connectivity index (χ1n) is 7.86. The molecule has 0 aromatic heterocycles. The normalized spacial score (nSPS) is 25.4. The number of nitriles is 1. The predicted molar refractivity (Wildman–Crippen MR) is 85.1 cm³/mol. The van der Waals surface area contributed by atoms with Crippen LogP contribution >= 0.6 is 0 Å². The van der Waals surface area contributed by atoms with E-state index in [4.69, 9.17) is 4.74 Å². The van der Waals surface area contributed by atoms with E-state index < -0.39 is 0 Å². The summed E-state index contributed by atoms with van der Waals surface area (Å²) < 4.78 is 6.28. The lowest BCUT2D eigenvalue weighted by Gasteiger charge is -2.32. The summed E-state index contributed by atoms with van der Waals surface area (Å²) in [5.74, 6) is 1.62. The van der Waals surface area contributed by atoms with E-state index in [-0.39, 0.29) is 12.0 Å². The molecule has 0 heterocycles. The molecule has 0 bridgehead atoms. The fraction of sp³-hybridized carbons (Fsp3) is 0.421. The van der Waals surface area contributed by atoms with Gasteiger partial charge in [-0.25, -0.2) is 0 Å². The van der Waals surface area contributed by atoms with E-state index >= 15 is 0 Å². The van der Waals surface area contributed by atoms with Gasteiger partial charge in [-0.1, -0.05) is 49.7 Å². The zero-order valence-electron chi connectivity index (χ0n) is 12.5. The van der Waals surface area contributed by atoms with Crippen molar-refractivity contribution in [3.8, 4) is 11.8 Å². The van der Waals surface area contributed by atoms with Gasteiger partial charge in [0.1, 0.15) is 11.9 Å². The highest BCUT2D eigenvalue weighted by Crippen LogP contribution is 2.35. The monoisotopic (exact) mass is 279 g/mol. The van der Waals surface area contributed by atoms with E-state index in [2.05, 4.69) is 31.2 Å². The third-order valence-corrected chi connectivity index (χ3v) is 4.67. The fourth-order valence-corrected chi connectivity index (χ4v) is 3.32. The molecule has 1 saturated carbocycles. The Bertz CT molecular complexity index is 653. The second kappa shape index (κ2) is 6.18. The minimum atomic E-state index is 0.0202. The van der Waals surface area contributed by atoms with Crippen LogP contribution in [0.25, 0.3) is 10.8 Å². The van der Waals surface area contributed by atoms with Crippen LogP contribution < -0.4 is 4.74 Å². The highest BCUT2D eigenvalue weighted by Gasteiger charge is 2.31. The van der Waals surface area contributed by atoms with Crippen LogP contribution in [0.1, 0.15) is 32.6 Å². The first kappa shape index (κ1) is 13.9. The average molecular weight is 279 g/mol. The Morgan fingerprint density at radius 3 is 2.76 bits per heavy atom. The molecule has 0 radical (unpaired) electrons. The summed E-state index contributed by atoms with van der Waals surface area (Å²) in [5.41, 5.74) is 0. The molecule has 2 heteroatoms. The molecule has 0 saturated heterocycles. The van der Waals surface area contributed by atoms with Gasteiger partial charge in [-0.2, -0.15) is 5.26 Å². The standard InChI is InChI=1S/C19H21NO/c1-2-14-10-11-16(13-20)19(12-14)21-18-9-5-7-15-6-3-4-8-17(15)18/h3-9,14,16,19H,2,10-12H2,1H3. The minimum Gasteiger partial charge on any atom is -0.488 e. The number of ether oxygens (including phenoxy) is 1. The van der Waals surface area contributed by atoms with Crippen LogP contribution in [0, 0.1) is 23.2 Å². The molecular formula is C19H21NO. The van der Waals surface area contributed by atoms with Crippen LogP contribution in [0.5, 0.6) is 5.75 Å². The van der Waals surface area contributed by atoms with Crippen molar-refractivity contribution in [1.82, 2.24) is 0 Å². The summed E-state index contributed by atoms with van der Waals surface area (Å²) in [6.07, 6.45) is 4.32. The molecule has 2 nitrogen and oxygen atoms in total. The van der Waals surface area contributed by atoms with Gasteiger partial charge in [0.05, 0.1) is 12.0 Å². The Kier molecular flexibility index (Phi) is 4.10. The summed E-state index contributed by atoms with van der Waals surface area (Å²) in [7, 11) is 0. The molecule has 2 aromatic rings. The second-order valence-electron chi connectivity index (χ2n) is 5.96. The quantitative estimate of drug-likeness (QED) is 0.797. The highest BCUT2D eigenvalue weighted by molar-refractivity contribution is 5.88. The smallest absolute Gasteiger partial charge is 0.127 e. The van der Waals surface area contributed by atoms with Gasteiger partial charge in [-0.3, -0.25) is 0 Å². The predicted octanol–water partition coefficient (Wildman–Crippen LogP) is 4.94.